The summed E-state index contributed by atoms with van der Waals surface area (Å²) in [5, 5.41) is 8.76. The standard InChI is InChI=1S/C14H14BrClN2O2S/c1-9(10-3-2-4-11(15)7-10)18-14-8-12(21(17,19)20)5-6-13(14)16/h2-9,18H,1H3,(H2,17,19,20). The molecule has 1 unspecified atom stereocenters. The van der Waals surface area contributed by atoms with Gasteiger partial charge < -0.3 is 5.32 Å². The Labute approximate surface area is 137 Å². The molecule has 0 bridgehead atoms. The Balaban J connectivity index is 2.31. The molecule has 2 aromatic carbocycles. The number of rotatable bonds is 4. The van der Waals surface area contributed by atoms with Crippen LogP contribution in [0, 0.1) is 0 Å². The summed E-state index contributed by atoms with van der Waals surface area (Å²) in [5.41, 5.74) is 1.57. The maximum Gasteiger partial charge on any atom is 0.238 e. The van der Waals surface area contributed by atoms with E-state index in [-0.39, 0.29) is 10.9 Å². The summed E-state index contributed by atoms with van der Waals surface area (Å²) in [6, 6.07) is 12.1. The van der Waals surface area contributed by atoms with Crippen LogP contribution >= 0.6 is 27.5 Å². The van der Waals surface area contributed by atoms with Gasteiger partial charge in [-0.05, 0) is 42.8 Å². The first-order valence-electron chi connectivity index (χ1n) is 6.12. The second kappa shape index (κ2) is 6.36. The molecule has 4 nitrogen and oxygen atoms in total. The van der Waals surface area contributed by atoms with Gasteiger partial charge in [0.25, 0.3) is 0 Å². The quantitative estimate of drug-likeness (QED) is 0.832. The number of nitrogens with two attached hydrogens (primary N) is 1. The van der Waals surface area contributed by atoms with Crippen LogP contribution in [0.4, 0.5) is 5.69 Å². The highest BCUT2D eigenvalue weighted by Crippen LogP contribution is 2.29. The average Bonchev–Trinajstić information content (AvgIpc) is 2.40. The van der Waals surface area contributed by atoms with Crippen molar-refractivity contribution in [2.24, 2.45) is 5.14 Å². The van der Waals surface area contributed by atoms with E-state index in [1.807, 2.05) is 31.2 Å². The molecule has 0 saturated heterocycles. The van der Waals surface area contributed by atoms with Crippen molar-refractivity contribution in [2.75, 3.05) is 5.32 Å². The van der Waals surface area contributed by atoms with Crippen LogP contribution in [-0.2, 0) is 10.0 Å². The van der Waals surface area contributed by atoms with E-state index in [0.717, 1.165) is 10.0 Å². The number of benzene rings is 2. The first kappa shape index (κ1) is 16.3. The van der Waals surface area contributed by atoms with E-state index in [1.54, 1.807) is 0 Å². The minimum atomic E-state index is -3.76. The molecule has 0 radical (unpaired) electrons. The zero-order valence-corrected chi connectivity index (χ0v) is 14.3. The van der Waals surface area contributed by atoms with E-state index in [4.69, 9.17) is 16.7 Å². The molecule has 0 fully saturated rings. The minimum Gasteiger partial charge on any atom is -0.377 e. The summed E-state index contributed by atoms with van der Waals surface area (Å²) >= 11 is 9.52. The number of hydrogen-bond acceptors (Lipinski definition) is 3. The monoisotopic (exact) mass is 388 g/mol. The molecule has 21 heavy (non-hydrogen) atoms. The van der Waals surface area contributed by atoms with Gasteiger partial charge in [-0.15, -0.1) is 0 Å². The van der Waals surface area contributed by atoms with Crippen molar-refractivity contribution >= 4 is 43.2 Å². The van der Waals surface area contributed by atoms with Crippen molar-refractivity contribution in [3.63, 3.8) is 0 Å². The van der Waals surface area contributed by atoms with Crippen molar-refractivity contribution < 1.29 is 8.42 Å². The number of anilines is 1. The Kier molecular flexibility index (Phi) is 4.93. The lowest BCUT2D eigenvalue weighted by Gasteiger charge is -2.17. The molecule has 7 heteroatoms. The van der Waals surface area contributed by atoms with E-state index < -0.39 is 10.0 Å². The summed E-state index contributed by atoms with van der Waals surface area (Å²) in [5.74, 6) is 0. The highest BCUT2D eigenvalue weighted by atomic mass is 79.9. The number of hydrogen-bond donors (Lipinski definition) is 2. The third-order valence-corrected chi connectivity index (χ3v) is 4.72. The van der Waals surface area contributed by atoms with Gasteiger partial charge in [0, 0.05) is 10.5 Å². The maximum atomic E-state index is 11.4. The smallest absolute Gasteiger partial charge is 0.238 e. The van der Waals surface area contributed by atoms with Gasteiger partial charge in [-0.2, -0.15) is 0 Å². The molecule has 0 aromatic heterocycles. The third kappa shape index (κ3) is 4.20. The molecule has 3 N–H and O–H groups in total. The van der Waals surface area contributed by atoms with E-state index >= 15 is 0 Å². The molecule has 0 aliphatic heterocycles. The Hall–Kier alpha value is -1.08. The van der Waals surface area contributed by atoms with Crippen molar-refractivity contribution in [3.8, 4) is 0 Å². The van der Waals surface area contributed by atoms with Crippen LogP contribution in [0.2, 0.25) is 5.02 Å². The molecule has 2 rings (SSSR count). The maximum absolute atomic E-state index is 11.4. The summed E-state index contributed by atoms with van der Waals surface area (Å²) < 4.78 is 23.8. The second-order valence-corrected chi connectivity index (χ2v) is 7.49. The van der Waals surface area contributed by atoms with Crippen LogP contribution in [0.25, 0.3) is 0 Å². The number of halogens is 2. The highest BCUT2D eigenvalue weighted by Gasteiger charge is 2.13. The fourth-order valence-electron chi connectivity index (χ4n) is 1.88. The molecule has 0 aliphatic rings. The zero-order chi connectivity index (χ0) is 15.6. The van der Waals surface area contributed by atoms with Crippen molar-refractivity contribution in [2.45, 2.75) is 17.9 Å². The van der Waals surface area contributed by atoms with Crippen LogP contribution in [0.5, 0.6) is 0 Å². The number of sulfonamides is 1. The fourth-order valence-corrected chi connectivity index (χ4v) is 3.01. The molecule has 0 saturated carbocycles. The summed E-state index contributed by atoms with van der Waals surface area (Å²) in [7, 11) is -3.76. The lowest BCUT2D eigenvalue weighted by molar-refractivity contribution is 0.598. The molecule has 0 spiro atoms. The first-order chi connectivity index (χ1) is 9.77. The Morgan fingerprint density at radius 2 is 1.95 bits per heavy atom. The third-order valence-electron chi connectivity index (χ3n) is 2.99. The Bertz CT molecular complexity index is 765. The predicted molar refractivity (Wildman–Crippen MR) is 89.0 cm³/mol. The topological polar surface area (TPSA) is 72.2 Å². The van der Waals surface area contributed by atoms with Crippen LogP contribution < -0.4 is 10.5 Å². The van der Waals surface area contributed by atoms with Crippen molar-refractivity contribution in [1.29, 1.82) is 0 Å². The van der Waals surface area contributed by atoms with Crippen LogP contribution in [0.1, 0.15) is 18.5 Å². The normalized spacial score (nSPS) is 13.0. The van der Waals surface area contributed by atoms with Gasteiger partial charge in [-0.3, -0.25) is 0 Å². The van der Waals surface area contributed by atoms with Gasteiger partial charge in [0.1, 0.15) is 0 Å². The van der Waals surface area contributed by atoms with Crippen LogP contribution in [0.15, 0.2) is 51.8 Å². The van der Waals surface area contributed by atoms with Gasteiger partial charge in [0.2, 0.25) is 10.0 Å². The lowest BCUT2D eigenvalue weighted by Crippen LogP contribution is -2.13. The Morgan fingerprint density at radius 1 is 1.24 bits per heavy atom. The highest BCUT2D eigenvalue weighted by molar-refractivity contribution is 9.10. The molecule has 0 heterocycles. The fraction of sp³-hybridized carbons (Fsp3) is 0.143. The Morgan fingerprint density at radius 3 is 2.57 bits per heavy atom. The number of nitrogens with one attached hydrogen (secondary N) is 1. The van der Waals surface area contributed by atoms with Crippen LogP contribution in [-0.4, -0.2) is 8.42 Å². The second-order valence-electron chi connectivity index (χ2n) is 4.61. The summed E-state index contributed by atoms with van der Waals surface area (Å²) in [6.45, 7) is 1.96. The first-order valence-corrected chi connectivity index (χ1v) is 8.83. The van der Waals surface area contributed by atoms with Gasteiger partial charge in [0.15, 0.2) is 0 Å². The van der Waals surface area contributed by atoms with Crippen molar-refractivity contribution in [1.82, 2.24) is 0 Å². The molecule has 0 amide bonds. The molecule has 112 valence electrons. The van der Waals surface area contributed by atoms with E-state index in [1.165, 1.54) is 18.2 Å². The van der Waals surface area contributed by atoms with Gasteiger partial charge in [0.05, 0.1) is 15.6 Å². The molecular weight excluding hydrogens is 376 g/mol. The van der Waals surface area contributed by atoms with E-state index in [9.17, 15) is 8.42 Å². The SMILES string of the molecule is CC(Nc1cc(S(N)(=O)=O)ccc1Cl)c1cccc(Br)c1. The average molecular weight is 390 g/mol. The lowest BCUT2D eigenvalue weighted by atomic mass is 10.1. The van der Waals surface area contributed by atoms with Crippen LogP contribution in [0.3, 0.4) is 0 Å². The van der Waals surface area contributed by atoms with Crippen molar-refractivity contribution in [3.05, 3.63) is 57.5 Å². The van der Waals surface area contributed by atoms with Gasteiger partial charge in [-0.25, -0.2) is 13.6 Å². The predicted octanol–water partition coefficient (Wildman–Crippen LogP) is 3.92. The largest absolute Gasteiger partial charge is 0.377 e. The summed E-state index contributed by atoms with van der Waals surface area (Å²) in [6.07, 6.45) is 0. The molecule has 2 aromatic rings. The van der Waals surface area contributed by atoms with E-state index in [2.05, 4.69) is 21.2 Å². The molecular formula is C14H14BrClN2O2S. The zero-order valence-electron chi connectivity index (χ0n) is 11.2. The van der Waals surface area contributed by atoms with E-state index in [0.29, 0.717) is 10.7 Å². The summed E-state index contributed by atoms with van der Waals surface area (Å²) in [4.78, 5) is 0.0239. The number of primary sulfonamides is 1. The van der Waals surface area contributed by atoms with Gasteiger partial charge in [-0.1, -0.05) is 39.7 Å². The van der Waals surface area contributed by atoms with Gasteiger partial charge >= 0.3 is 0 Å². The molecule has 0 aliphatic carbocycles. The molecule has 1 atom stereocenters. The minimum absolute atomic E-state index is 0.0239.